The smallest absolute Gasteiger partial charge is 0.326 e. The molecule has 1 amide bonds. The second-order valence-corrected chi connectivity index (χ2v) is 5.40. The largest absolute Gasteiger partial charge is 0.480 e. The van der Waals surface area contributed by atoms with E-state index in [0.717, 1.165) is 5.56 Å². The Balaban J connectivity index is 1.97. The summed E-state index contributed by atoms with van der Waals surface area (Å²) in [7, 11) is 1.77. The van der Waals surface area contributed by atoms with Gasteiger partial charge in [0.2, 0.25) is 5.91 Å². The number of imidazole rings is 1. The van der Waals surface area contributed by atoms with Gasteiger partial charge in [-0.2, -0.15) is 0 Å². The quantitative estimate of drug-likeness (QED) is 0.671. The number of hydrogen-bond donors (Lipinski definition) is 3. The first kappa shape index (κ1) is 16.7. The highest BCUT2D eigenvalue weighted by molar-refractivity contribution is 5.87. The minimum Gasteiger partial charge on any atom is -0.480 e. The third kappa shape index (κ3) is 4.65. The summed E-state index contributed by atoms with van der Waals surface area (Å²) in [5, 5.41) is 11.8. The molecule has 0 saturated heterocycles. The van der Waals surface area contributed by atoms with Gasteiger partial charge in [-0.05, 0) is 12.0 Å². The zero-order valence-electron chi connectivity index (χ0n) is 12.8. The van der Waals surface area contributed by atoms with Gasteiger partial charge in [0.05, 0.1) is 12.4 Å². The summed E-state index contributed by atoms with van der Waals surface area (Å²) in [5.74, 6) is -1.59. The van der Waals surface area contributed by atoms with Crippen LogP contribution >= 0.6 is 0 Å². The number of benzene rings is 1. The maximum Gasteiger partial charge on any atom is 0.326 e. The first-order valence-electron chi connectivity index (χ1n) is 7.25. The van der Waals surface area contributed by atoms with Gasteiger partial charge in [-0.3, -0.25) is 4.79 Å². The number of carbonyl (C=O) groups is 2. The highest BCUT2D eigenvalue weighted by Crippen LogP contribution is 2.05. The molecule has 1 aromatic heterocycles. The van der Waals surface area contributed by atoms with Crippen molar-refractivity contribution in [2.75, 3.05) is 0 Å². The molecule has 0 bridgehead atoms. The van der Waals surface area contributed by atoms with Gasteiger partial charge in [-0.25, -0.2) is 9.78 Å². The van der Waals surface area contributed by atoms with Gasteiger partial charge in [0.1, 0.15) is 6.04 Å². The molecule has 0 spiro atoms. The summed E-state index contributed by atoms with van der Waals surface area (Å²) in [6.45, 7) is 0. The average molecular weight is 316 g/mol. The molecule has 0 aliphatic heterocycles. The minimum atomic E-state index is -1.11. The maximum absolute atomic E-state index is 12.2. The molecule has 2 unspecified atom stereocenters. The van der Waals surface area contributed by atoms with E-state index in [9.17, 15) is 14.7 Å². The third-order valence-corrected chi connectivity index (χ3v) is 3.58. The fraction of sp³-hybridized carbons (Fsp3) is 0.312. The summed E-state index contributed by atoms with van der Waals surface area (Å²) in [5.41, 5.74) is 7.52. The predicted molar refractivity (Wildman–Crippen MR) is 84.6 cm³/mol. The number of amides is 1. The van der Waals surface area contributed by atoms with Gasteiger partial charge in [0, 0.05) is 25.4 Å². The molecule has 122 valence electrons. The molecular formula is C16H20N4O3. The monoisotopic (exact) mass is 316 g/mol. The highest BCUT2D eigenvalue weighted by Gasteiger charge is 2.24. The van der Waals surface area contributed by atoms with Crippen molar-refractivity contribution in [2.45, 2.75) is 24.9 Å². The number of carboxylic acid groups (broad SMARTS) is 1. The number of nitrogens with two attached hydrogens (primary N) is 1. The topological polar surface area (TPSA) is 110 Å². The molecule has 0 saturated carbocycles. The predicted octanol–water partition coefficient (Wildman–Crippen LogP) is 0.102. The Hall–Kier alpha value is -2.67. The number of aromatic nitrogens is 2. The van der Waals surface area contributed by atoms with Crippen LogP contribution in [0.5, 0.6) is 0 Å². The van der Waals surface area contributed by atoms with Crippen molar-refractivity contribution in [3.8, 4) is 0 Å². The maximum atomic E-state index is 12.2. The van der Waals surface area contributed by atoms with E-state index >= 15 is 0 Å². The molecule has 2 rings (SSSR count). The number of carboxylic acids is 1. The first-order valence-corrected chi connectivity index (χ1v) is 7.25. The van der Waals surface area contributed by atoms with E-state index in [1.807, 2.05) is 30.3 Å². The van der Waals surface area contributed by atoms with Crippen LogP contribution < -0.4 is 11.1 Å². The van der Waals surface area contributed by atoms with Crippen LogP contribution in [0.2, 0.25) is 0 Å². The second kappa shape index (κ2) is 7.55. The van der Waals surface area contributed by atoms with E-state index in [2.05, 4.69) is 10.3 Å². The highest BCUT2D eigenvalue weighted by atomic mass is 16.4. The lowest BCUT2D eigenvalue weighted by atomic mass is 10.1. The second-order valence-electron chi connectivity index (χ2n) is 5.40. The molecule has 4 N–H and O–H groups in total. The van der Waals surface area contributed by atoms with E-state index in [1.54, 1.807) is 24.1 Å². The van der Waals surface area contributed by atoms with E-state index in [-0.39, 0.29) is 6.42 Å². The van der Waals surface area contributed by atoms with E-state index < -0.39 is 24.0 Å². The summed E-state index contributed by atoms with van der Waals surface area (Å²) in [6, 6.07) is 7.51. The fourth-order valence-electron chi connectivity index (χ4n) is 2.23. The number of carbonyl (C=O) groups excluding carboxylic acids is 1. The van der Waals surface area contributed by atoms with E-state index in [0.29, 0.717) is 12.1 Å². The molecule has 7 nitrogen and oxygen atoms in total. The van der Waals surface area contributed by atoms with Crippen LogP contribution in [0.4, 0.5) is 0 Å². The van der Waals surface area contributed by atoms with Crippen LogP contribution in [0.1, 0.15) is 11.3 Å². The van der Waals surface area contributed by atoms with Crippen LogP contribution in [0.15, 0.2) is 42.9 Å². The van der Waals surface area contributed by atoms with E-state index in [4.69, 9.17) is 5.73 Å². The molecule has 0 aliphatic carbocycles. The summed E-state index contributed by atoms with van der Waals surface area (Å²) in [6.07, 6.45) is 3.66. The number of aliphatic carboxylic acids is 1. The van der Waals surface area contributed by atoms with Crippen molar-refractivity contribution in [3.05, 3.63) is 54.1 Å². The number of nitrogens with one attached hydrogen (secondary N) is 1. The third-order valence-electron chi connectivity index (χ3n) is 3.58. The lowest BCUT2D eigenvalue weighted by Crippen LogP contribution is -2.50. The van der Waals surface area contributed by atoms with Crippen LogP contribution in [-0.4, -0.2) is 38.6 Å². The standard InChI is InChI=1S/C16H20N4O3/c1-20-10-18-9-12(20)8-14(16(22)23)19-15(21)13(17)7-11-5-3-2-4-6-11/h2-6,9-10,13-14H,7-8,17H2,1H3,(H,19,21)(H,22,23). The number of hydrogen-bond acceptors (Lipinski definition) is 4. The van der Waals surface area contributed by atoms with Gasteiger partial charge in [-0.1, -0.05) is 30.3 Å². The Labute approximate surface area is 134 Å². The van der Waals surface area contributed by atoms with Crippen molar-refractivity contribution < 1.29 is 14.7 Å². The molecule has 23 heavy (non-hydrogen) atoms. The molecule has 1 aromatic carbocycles. The molecule has 0 aliphatic rings. The van der Waals surface area contributed by atoms with Crippen LogP contribution in [0.3, 0.4) is 0 Å². The SMILES string of the molecule is Cn1cncc1CC(NC(=O)C(N)Cc1ccccc1)C(=O)O. The lowest BCUT2D eigenvalue weighted by molar-refractivity contribution is -0.142. The normalized spacial score (nSPS) is 13.3. The van der Waals surface area contributed by atoms with Crippen LogP contribution in [0.25, 0.3) is 0 Å². The van der Waals surface area contributed by atoms with Crippen molar-refractivity contribution in [2.24, 2.45) is 12.8 Å². The Kier molecular flexibility index (Phi) is 5.48. The zero-order valence-corrected chi connectivity index (χ0v) is 12.8. The van der Waals surface area contributed by atoms with E-state index in [1.165, 1.54) is 0 Å². The fourth-order valence-corrected chi connectivity index (χ4v) is 2.23. The number of rotatable bonds is 7. The molecule has 2 atom stereocenters. The Morgan fingerprint density at radius 2 is 2.00 bits per heavy atom. The molecule has 7 heteroatoms. The molecule has 0 radical (unpaired) electrons. The number of aryl methyl sites for hydroxylation is 1. The molecular weight excluding hydrogens is 296 g/mol. The lowest BCUT2D eigenvalue weighted by Gasteiger charge is -2.18. The summed E-state index contributed by atoms with van der Waals surface area (Å²) in [4.78, 5) is 27.5. The Morgan fingerprint density at radius 3 is 2.57 bits per heavy atom. The van der Waals surface area contributed by atoms with Gasteiger partial charge < -0.3 is 20.7 Å². The Morgan fingerprint density at radius 1 is 1.30 bits per heavy atom. The van der Waals surface area contributed by atoms with Crippen LogP contribution in [0, 0.1) is 0 Å². The van der Waals surface area contributed by atoms with Gasteiger partial charge >= 0.3 is 5.97 Å². The Bertz CT molecular complexity index is 669. The zero-order chi connectivity index (χ0) is 16.8. The molecule has 0 fully saturated rings. The first-order chi connectivity index (χ1) is 11.0. The average Bonchev–Trinajstić information content (AvgIpc) is 2.92. The van der Waals surface area contributed by atoms with Gasteiger partial charge in [0.25, 0.3) is 0 Å². The van der Waals surface area contributed by atoms with Gasteiger partial charge in [0.15, 0.2) is 0 Å². The summed E-state index contributed by atoms with van der Waals surface area (Å²) >= 11 is 0. The minimum absolute atomic E-state index is 0.148. The van der Waals surface area contributed by atoms with Crippen molar-refractivity contribution in [1.29, 1.82) is 0 Å². The molecule has 2 aromatic rings. The van der Waals surface area contributed by atoms with Gasteiger partial charge in [-0.15, -0.1) is 0 Å². The van der Waals surface area contributed by atoms with Crippen LogP contribution in [-0.2, 0) is 29.5 Å². The molecule has 1 heterocycles. The number of nitrogens with zero attached hydrogens (tertiary/aromatic N) is 2. The van der Waals surface area contributed by atoms with Crippen molar-refractivity contribution in [3.63, 3.8) is 0 Å². The summed E-state index contributed by atoms with van der Waals surface area (Å²) < 4.78 is 1.71. The van der Waals surface area contributed by atoms with Crippen molar-refractivity contribution in [1.82, 2.24) is 14.9 Å². The van der Waals surface area contributed by atoms with Crippen molar-refractivity contribution >= 4 is 11.9 Å².